The van der Waals surface area contributed by atoms with Crippen LogP contribution in [0.4, 0.5) is 43.4 Å². The zero-order valence-electron chi connectivity index (χ0n) is 33.6. The highest BCUT2D eigenvalue weighted by Gasteiger charge is 2.38. The zero-order chi connectivity index (χ0) is 40.6. The molecule has 0 aliphatic carbocycles. The van der Waals surface area contributed by atoms with Crippen molar-refractivity contribution in [2.75, 3.05) is 47.6 Å². The van der Waals surface area contributed by atoms with Crippen molar-refractivity contribution < 1.29 is 8.78 Å². The van der Waals surface area contributed by atoms with E-state index in [0.29, 0.717) is 6.42 Å². The monoisotopic (exact) mass is 791 g/mol. The summed E-state index contributed by atoms with van der Waals surface area (Å²) in [5.74, 6) is 4.23. The first-order chi connectivity index (χ1) is 27.2. The molecule has 0 spiro atoms. The third-order valence-corrected chi connectivity index (χ3v) is 11.0. The van der Waals surface area contributed by atoms with Crippen LogP contribution in [0.1, 0.15) is 74.4 Å². The van der Waals surface area contributed by atoms with Gasteiger partial charge in [0, 0.05) is 56.1 Å². The summed E-state index contributed by atoms with van der Waals surface area (Å²) < 4.78 is 28.6. The number of hydrogen-bond acceptors (Lipinski definition) is 10. The molecule has 5 heterocycles. The maximum absolute atomic E-state index is 13.6. The minimum atomic E-state index is -0.252. The van der Waals surface area contributed by atoms with Gasteiger partial charge in [0.25, 0.3) is 0 Å². The number of aromatic nitrogens is 7. The van der Waals surface area contributed by atoms with E-state index in [-0.39, 0.29) is 27.7 Å². The van der Waals surface area contributed by atoms with E-state index in [4.69, 9.17) is 21.6 Å². The third kappa shape index (κ3) is 8.11. The summed E-state index contributed by atoms with van der Waals surface area (Å²) in [5, 5.41) is 11.0. The highest BCUT2D eigenvalue weighted by Crippen LogP contribution is 2.46. The molecule has 6 aromatic rings. The summed E-state index contributed by atoms with van der Waals surface area (Å²) in [7, 11) is 3.73. The first-order valence-electron chi connectivity index (χ1n) is 19.1. The van der Waals surface area contributed by atoms with Crippen LogP contribution in [0.25, 0.3) is 5.69 Å². The molecule has 0 unspecified atom stereocenters. The van der Waals surface area contributed by atoms with Crippen LogP contribution < -0.4 is 20.4 Å². The number of nitrogens with one attached hydrogen (secondary N) is 2. The highest BCUT2D eigenvalue weighted by atomic mass is 35.5. The average molecular weight is 792 g/mol. The Balaban J connectivity index is 0.000000194. The molecule has 8 rings (SSSR count). The van der Waals surface area contributed by atoms with E-state index in [1.54, 1.807) is 23.1 Å². The first-order valence-corrected chi connectivity index (χ1v) is 19.4. The molecule has 3 aromatic heterocycles. The van der Waals surface area contributed by atoms with Gasteiger partial charge in [0.05, 0.1) is 5.69 Å². The smallest absolute Gasteiger partial charge is 0.226 e. The molecule has 0 amide bonds. The maximum Gasteiger partial charge on any atom is 0.226 e. The fourth-order valence-corrected chi connectivity index (χ4v) is 7.88. The van der Waals surface area contributed by atoms with Crippen LogP contribution in [-0.4, -0.2) is 61.9 Å². The Morgan fingerprint density at radius 2 is 1.23 bits per heavy atom. The van der Waals surface area contributed by atoms with Crippen molar-refractivity contribution in [1.82, 2.24) is 34.7 Å². The van der Waals surface area contributed by atoms with Gasteiger partial charge in [-0.1, -0.05) is 39.8 Å². The Hall–Kier alpha value is -5.69. The Morgan fingerprint density at radius 1 is 0.702 bits per heavy atom. The second-order valence-electron chi connectivity index (χ2n) is 15.8. The number of anilines is 6. The van der Waals surface area contributed by atoms with Gasteiger partial charge in [-0.15, -0.1) is 0 Å². The number of nitrogens with zero attached hydrogens (tertiary/aromatic N) is 9. The highest BCUT2D eigenvalue weighted by molar-refractivity contribution is 6.28. The lowest BCUT2D eigenvalue weighted by Gasteiger charge is -2.40. The van der Waals surface area contributed by atoms with Gasteiger partial charge >= 0.3 is 0 Å². The van der Waals surface area contributed by atoms with Gasteiger partial charge < -0.3 is 20.4 Å². The molecule has 14 heteroatoms. The van der Waals surface area contributed by atoms with E-state index in [1.807, 2.05) is 33.2 Å². The molecule has 57 heavy (non-hydrogen) atoms. The first kappa shape index (κ1) is 39.5. The summed E-state index contributed by atoms with van der Waals surface area (Å²) in [5.41, 5.74) is 7.03. The molecule has 0 bridgehead atoms. The molecule has 0 saturated heterocycles. The number of benzene rings is 3. The van der Waals surface area contributed by atoms with Crippen molar-refractivity contribution >= 4 is 46.2 Å². The van der Waals surface area contributed by atoms with Crippen molar-refractivity contribution in [3.8, 4) is 5.69 Å². The van der Waals surface area contributed by atoms with E-state index < -0.39 is 0 Å². The Morgan fingerprint density at radius 3 is 1.72 bits per heavy atom. The number of rotatable bonds is 7. The molecule has 0 radical (unpaired) electrons. The van der Waals surface area contributed by atoms with Crippen LogP contribution in [0, 0.1) is 25.5 Å². The van der Waals surface area contributed by atoms with E-state index in [2.05, 4.69) is 93.3 Å². The lowest BCUT2D eigenvalue weighted by molar-refractivity contribution is 0.462. The Bertz CT molecular complexity index is 2390. The van der Waals surface area contributed by atoms with Gasteiger partial charge in [0.1, 0.15) is 52.9 Å². The van der Waals surface area contributed by atoms with Crippen LogP contribution in [0.5, 0.6) is 0 Å². The van der Waals surface area contributed by atoms with Crippen molar-refractivity contribution in [2.24, 2.45) is 0 Å². The molecule has 0 atom stereocenters. The predicted octanol–water partition coefficient (Wildman–Crippen LogP) is 9.40. The summed E-state index contributed by atoms with van der Waals surface area (Å²) in [6.45, 7) is 14.3. The molecule has 296 valence electrons. The Kier molecular flexibility index (Phi) is 10.9. The lowest BCUT2D eigenvalue weighted by Crippen LogP contribution is -2.36. The standard InChI is InChI=1S/C27H30FN7.C16H18ClFN4/c1-17-14-19(6-11-22(17)35-16-30-18(2)33-35)15-23-31-25(29-5)24-26(32-23)34(13-12-27(24,3)4)21-9-7-20(28)8-10-21;1-16(2)8-9-22(11-6-4-10(18)5-7-11)14-12(16)13(19-3)20-15(17)21-14/h6-11,14,16H,12-13,15H2,1-5H3,(H,29,31,32);4-7H,8-9H2,1-3H3,(H,19,20,21). The minimum absolute atomic E-state index is 0.0607. The third-order valence-electron chi connectivity index (χ3n) is 10.8. The van der Waals surface area contributed by atoms with E-state index in [9.17, 15) is 8.78 Å². The SMILES string of the molecule is CNc1nc(Cc2ccc(-n3cnc(C)n3)c(C)c2)nc2c1C(C)(C)CCN2c1ccc(F)cc1.CNc1nc(Cl)nc2c1C(C)(C)CCN2c1ccc(F)cc1. The summed E-state index contributed by atoms with van der Waals surface area (Å²) in [6, 6.07) is 19.3. The van der Waals surface area contributed by atoms with Crippen molar-refractivity contribution in [3.63, 3.8) is 0 Å². The van der Waals surface area contributed by atoms with Crippen LogP contribution in [0.15, 0.2) is 73.1 Å². The average Bonchev–Trinajstić information content (AvgIpc) is 3.61. The number of fused-ring (bicyclic) bond motifs is 2. The van der Waals surface area contributed by atoms with Crippen LogP contribution in [0.3, 0.4) is 0 Å². The molecule has 11 nitrogen and oxygen atoms in total. The predicted molar refractivity (Wildman–Crippen MR) is 224 cm³/mol. The Labute approximate surface area is 337 Å². The van der Waals surface area contributed by atoms with Crippen LogP contribution in [0.2, 0.25) is 5.28 Å². The fraction of sp³-hybridized carbons (Fsp3) is 0.349. The van der Waals surface area contributed by atoms with E-state index in [0.717, 1.165) is 100 Å². The molecule has 3 aromatic carbocycles. The van der Waals surface area contributed by atoms with E-state index in [1.165, 1.54) is 24.3 Å². The molecule has 0 fully saturated rings. The zero-order valence-corrected chi connectivity index (χ0v) is 34.4. The van der Waals surface area contributed by atoms with Gasteiger partial charge in [-0.05, 0) is 115 Å². The van der Waals surface area contributed by atoms with Gasteiger partial charge in [-0.2, -0.15) is 10.1 Å². The van der Waals surface area contributed by atoms with Crippen LogP contribution in [-0.2, 0) is 17.3 Å². The largest absolute Gasteiger partial charge is 0.373 e. The summed E-state index contributed by atoms with van der Waals surface area (Å²) in [6.07, 6.45) is 4.21. The molecule has 2 N–H and O–H groups in total. The second kappa shape index (κ2) is 15.7. The van der Waals surface area contributed by atoms with Crippen molar-refractivity contribution in [2.45, 2.75) is 71.6 Å². The second-order valence-corrected chi connectivity index (χ2v) is 16.1. The molecule has 0 saturated carbocycles. The number of hydrogen-bond donors (Lipinski definition) is 2. The molecular formula is C43H48ClF2N11. The van der Waals surface area contributed by atoms with Gasteiger partial charge in [-0.25, -0.2) is 33.4 Å². The topological polar surface area (TPSA) is 113 Å². The van der Waals surface area contributed by atoms with Gasteiger partial charge in [0.15, 0.2) is 0 Å². The fourth-order valence-electron chi connectivity index (χ4n) is 7.71. The minimum Gasteiger partial charge on any atom is -0.373 e. The quantitative estimate of drug-likeness (QED) is 0.152. The summed E-state index contributed by atoms with van der Waals surface area (Å²) >= 11 is 6.08. The molecule has 2 aliphatic rings. The van der Waals surface area contributed by atoms with Crippen molar-refractivity contribution in [3.05, 3.63) is 124 Å². The van der Waals surface area contributed by atoms with Gasteiger partial charge in [-0.3, -0.25) is 0 Å². The van der Waals surface area contributed by atoms with Gasteiger partial charge in [0.2, 0.25) is 5.28 Å². The number of aryl methyl sites for hydroxylation is 2. The molecular weight excluding hydrogens is 744 g/mol. The van der Waals surface area contributed by atoms with Crippen LogP contribution >= 0.6 is 11.6 Å². The summed E-state index contributed by atoms with van der Waals surface area (Å²) in [4.78, 5) is 27.2. The maximum atomic E-state index is 13.6. The van der Waals surface area contributed by atoms with Crippen molar-refractivity contribution in [1.29, 1.82) is 0 Å². The van der Waals surface area contributed by atoms with E-state index >= 15 is 0 Å². The molecule has 2 aliphatic heterocycles. The lowest BCUT2D eigenvalue weighted by atomic mass is 9.78. The normalized spacial score (nSPS) is 15.3. The number of halogens is 3.